The fraction of sp³-hybridized carbons (Fsp3) is 0.944. The molecule has 0 bridgehead atoms. The first-order chi connectivity index (χ1) is 9.81. The standard InChI is InChI=1S/C18H34N2O/c1-11(2)9-16-18(21)20(17(19-16)12(3)4)15-8-7-13(5)14(6)10-15/h11-17,19H,7-10H2,1-6H3. The largest absolute Gasteiger partial charge is 0.323 e. The van der Waals surface area contributed by atoms with Crippen LogP contribution in [0, 0.1) is 23.7 Å². The molecule has 1 N–H and O–H groups in total. The number of carbonyl (C=O) groups excluding carboxylic acids is 1. The molecule has 1 saturated heterocycles. The molecule has 3 heteroatoms. The van der Waals surface area contributed by atoms with Gasteiger partial charge in [0.2, 0.25) is 5.91 Å². The first kappa shape index (κ1) is 16.8. The zero-order valence-electron chi connectivity index (χ0n) is 14.7. The molecular weight excluding hydrogens is 260 g/mol. The predicted molar refractivity (Wildman–Crippen MR) is 87.8 cm³/mol. The number of amides is 1. The van der Waals surface area contributed by atoms with E-state index >= 15 is 0 Å². The van der Waals surface area contributed by atoms with Gasteiger partial charge in [-0.3, -0.25) is 10.1 Å². The first-order valence-electron chi connectivity index (χ1n) is 8.89. The van der Waals surface area contributed by atoms with Gasteiger partial charge in [-0.1, -0.05) is 41.5 Å². The summed E-state index contributed by atoms with van der Waals surface area (Å²) in [6.07, 6.45) is 4.79. The minimum Gasteiger partial charge on any atom is -0.323 e. The Morgan fingerprint density at radius 2 is 1.81 bits per heavy atom. The van der Waals surface area contributed by atoms with Crippen molar-refractivity contribution in [1.82, 2.24) is 10.2 Å². The van der Waals surface area contributed by atoms with Crippen LogP contribution in [0.15, 0.2) is 0 Å². The molecule has 1 aliphatic heterocycles. The highest BCUT2D eigenvalue weighted by Gasteiger charge is 2.44. The molecule has 1 heterocycles. The van der Waals surface area contributed by atoms with Crippen LogP contribution in [0.4, 0.5) is 0 Å². The Morgan fingerprint density at radius 3 is 2.33 bits per heavy atom. The molecule has 5 unspecified atom stereocenters. The first-order valence-corrected chi connectivity index (χ1v) is 8.89. The van der Waals surface area contributed by atoms with Crippen molar-refractivity contribution in [2.75, 3.05) is 0 Å². The van der Waals surface area contributed by atoms with Crippen LogP contribution in [0.25, 0.3) is 0 Å². The van der Waals surface area contributed by atoms with Crippen molar-refractivity contribution in [3.8, 4) is 0 Å². The molecule has 0 spiro atoms. The van der Waals surface area contributed by atoms with Crippen molar-refractivity contribution in [2.24, 2.45) is 23.7 Å². The van der Waals surface area contributed by atoms with Crippen molar-refractivity contribution in [3.05, 3.63) is 0 Å². The van der Waals surface area contributed by atoms with Crippen LogP contribution < -0.4 is 5.32 Å². The number of nitrogens with one attached hydrogen (secondary N) is 1. The second kappa shape index (κ2) is 6.68. The topological polar surface area (TPSA) is 32.3 Å². The van der Waals surface area contributed by atoms with Crippen molar-refractivity contribution in [2.45, 2.75) is 85.5 Å². The van der Waals surface area contributed by atoms with E-state index in [4.69, 9.17) is 0 Å². The molecule has 21 heavy (non-hydrogen) atoms. The molecule has 122 valence electrons. The van der Waals surface area contributed by atoms with Crippen LogP contribution >= 0.6 is 0 Å². The highest BCUT2D eigenvalue weighted by atomic mass is 16.2. The van der Waals surface area contributed by atoms with E-state index in [1.54, 1.807) is 0 Å². The molecule has 1 aliphatic carbocycles. The molecular formula is C18H34N2O. The molecule has 0 radical (unpaired) electrons. The Labute approximate surface area is 130 Å². The number of rotatable bonds is 4. The summed E-state index contributed by atoms with van der Waals surface area (Å²) in [5.74, 6) is 2.92. The minimum atomic E-state index is 0.0343. The van der Waals surface area contributed by atoms with E-state index in [9.17, 15) is 4.79 Å². The molecule has 1 amide bonds. The fourth-order valence-electron chi connectivity index (χ4n) is 4.01. The van der Waals surface area contributed by atoms with E-state index in [0.717, 1.165) is 18.3 Å². The summed E-state index contributed by atoms with van der Waals surface area (Å²) < 4.78 is 0. The van der Waals surface area contributed by atoms with Crippen molar-refractivity contribution >= 4 is 5.91 Å². The van der Waals surface area contributed by atoms with Gasteiger partial charge in [0, 0.05) is 6.04 Å². The molecule has 0 aromatic carbocycles. The molecule has 0 aromatic heterocycles. The summed E-state index contributed by atoms with van der Waals surface area (Å²) in [6.45, 7) is 13.6. The van der Waals surface area contributed by atoms with E-state index in [0.29, 0.717) is 23.8 Å². The van der Waals surface area contributed by atoms with E-state index in [2.05, 4.69) is 51.8 Å². The molecule has 2 rings (SSSR count). The summed E-state index contributed by atoms with van der Waals surface area (Å²) in [4.78, 5) is 15.1. The monoisotopic (exact) mass is 294 g/mol. The SMILES string of the molecule is CC(C)CC1NC(C(C)C)N(C2CCC(C)C(C)C2)C1=O. The maximum absolute atomic E-state index is 12.9. The van der Waals surface area contributed by atoms with E-state index < -0.39 is 0 Å². The third kappa shape index (κ3) is 3.61. The van der Waals surface area contributed by atoms with Crippen LogP contribution in [0.3, 0.4) is 0 Å². The average Bonchev–Trinajstić information content (AvgIpc) is 2.70. The zero-order valence-corrected chi connectivity index (χ0v) is 14.7. The van der Waals surface area contributed by atoms with Gasteiger partial charge in [0.05, 0.1) is 12.2 Å². The van der Waals surface area contributed by atoms with Crippen LogP contribution in [0.1, 0.15) is 67.2 Å². The summed E-state index contributed by atoms with van der Waals surface area (Å²) in [5.41, 5.74) is 0. The zero-order chi connectivity index (χ0) is 15.7. The van der Waals surface area contributed by atoms with E-state index in [1.807, 2.05) is 0 Å². The Hall–Kier alpha value is -0.570. The molecule has 5 atom stereocenters. The molecule has 2 fully saturated rings. The maximum atomic E-state index is 12.9. The fourth-order valence-corrected chi connectivity index (χ4v) is 4.01. The summed E-state index contributed by atoms with van der Waals surface area (Å²) in [7, 11) is 0. The summed E-state index contributed by atoms with van der Waals surface area (Å²) in [5, 5.41) is 3.62. The van der Waals surface area contributed by atoms with Gasteiger partial charge in [0.15, 0.2) is 0 Å². The lowest BCUT2D eigenvalue weighted by Gasteiger charge is -2.41. The molecule has 0 aromatic rings. The average molecular weight is 294 g/mol. The Balaban J connectivity index is 2.13. The molecule has 3 nitrogen and oxygen atoms in total. The normalized spacial score (nSPS) is 37.8. The lowest BCUT2D eigenvalue weighted by Crippen LogP contribution is -2.49. The second-order valence-corrected chi connectivity index (χ2v) is 8.20. The van der Waals surface area contributed by atoms with E-state index in [-0.39, 0.29) is 12.2 Å². The quantitative estimate of drug-likeness (QED) is 0.858. The maximum Gasteiger partial charge on any atom is 0.241 e. The lowest BCUT2D eigenvalue weighted by atomic mass is 9.78. The van der Waals surface area contributed by atoms with Gasteiger partial charge in [-0.25, -0.2) is 0 Å². The van der Waals surface area contributed by atoms with Gasteiger partial charge < -0.3 is 4.90 Å². The second-order valence-electron chi connectivity index (χ2n) is 8.20. The van der Waals surface area contributed by atoms with Gasteiger partial charge >= 0.3 is 0 Å². The van der Waals surface area contributed by atoms with Crippen LogP contribution in [-0.4, -0.2) is 29.1 Å². The van der Waals surface area contributed by atoms with E-state index in [1.165, 1.54) is 19.3 Å². The highest BCUT2D eigenvalue weighted by Crippen LogP contribution is 2.35. The summed E-state index contributed by atoms with van der Waals surface area (Å²) in [6, 6.07) is 0.479. The number of hydrogen-bond acceptors (Lipinski definition) is 2. The van der Waals surface area contributed by atoms with Crippen LogP contribution in [0.2, 0.25) is 0 Å². The van der Waals surface area contributed by atoms with Crippen molar-refractivity contribution in [1.29, 1.82) is 0 Å². The van der Waals surface area contributed by atoms with Gasteiger partial charge in [-0.05, 0) is 49.4 Å². The number of hydrogen-bond donors (Lipinski definition) is 1. The minimum absolute atomic E-state index is 0.0343. The van der Waals surface area contributed by atoms with Gasteiger partial charge in [-0.15, -0.1) is 0 Å². The van der Waals surface area contributed by atoms with Gasteiger partial charge in [0.1, 0.15) is 0 Å². The Bertz CT molecular complexity index is 366. The third-order valence-electron chi connectivity index (χ3n) is 5.53. The van der Waals surface area contributed by atoms with Crippen LogP contribution in [0.5, 0.6) is 0 Å². The smallest absolute Gasteiger partial charge is 0.241 e. The van der Waals surface area contributed by atoms with Gasteiger partial charge in [-0.2, -0.15) is 0 Å². The van der Waals surface area contributed by atoms with Crippen LogP contribution in [-0.2, 0) is 4.79 Å². The van der Waals surface area contributed by atoms with Crippen molar-refractivity contribution in [3.63, 3.8) is 0 Å². The Kier molecular flexibility index (Phi) is 5.34. The van der Waals surface area contributed by atoms with Crippen molar-refractivity contribution < 1.29 is 4.79 Å². The third-order valence-corrected chi connectivity index (χ3v) is 5.53. The molecule has 1 saturated carbocycles. The Morgan fingerprint density at radius 1 is 1.14 bits per heavy atom. The lowest BCUT2D eigenvalue weighted by molar-refractivity contribution is -0.134. The molecule has 2 aliphatic rings. The highest BCUT2D eigenvalue weighted by molar-refractivity contribution is 5.84. The number of nitrogens with zero attached hydrogens (tertiary/aromatic N) is 1. The predicted octanol–water partition coefficient (Wildman–Crippen LogP) is 3.64. The van der Waals surface area contributed by atoms with Gasteiger partial charge in [0.25, 0.3) is 0 Å². The summed E-state index contributed by atoms with van der Waals surface area (Å²) >= 11 is 0. The number of carbonyl (C=O) groups is 1.